The SMILES string of the molecule is CCN(C)CCNS(=O)(=O)c1cc(CN)oc1C. The van der Waals surface area contributed by atoms with E-state index in [2.05, 4.69) is 4.72 Å². The van der Waals surface area contributed by atoms with Gasteiger partial charge in [0.2, 0.25) is 10.0 Å². The molecule has 0 aliphatic carbocycles. The lowest BCUT2D eigenvalue weighted by molar-refractivity contribution is 0.358. The van der Waals surface area contributed by atoms with Crippen LogP contribution in [0.5, 0.6) is 0 Å². The number of nitrogens with zero attached hydrogens (tertiary/aromatic N) is 1. The standard InChI is InChI=1S/C11H21N3O3S/c1-4-14(3)6-5-13-18(15,16)11-7-10(8-12)17-9(11)2/h7,13H,4-6,8,12H2,1-3H3. The van der Waals surface area contributed by atoms with Crippen LogP contribution in [-0.2, 0) is 16.6 Å². The summed E-state index contributed by atoms with van der Waals surface area (Å²) < 4.78 is 31.8. The molecule has 1 aromatic heterocycles. The minimum Gasteiger partial charge on any atom is -0.464 e. The van der Waals surface area contributed by atoms with E-state index in [0.29, 0.717) is 24.6 Å². The van der Waals surface area contributed by atoms with Gasteiger partial charge in [-0.1, -0.05) is 6.92 Å². The van der Waals surface area contributed by atoms with Crippen LogP contribution >= 0.6 is 0 Å². The van der Waals surface area contributed by atoms with Gasteiger partial charge in [0, 0.05) is 19.2 Å². The lowest BCUT2D eigenvalue weighted by atomic mass is 10.4. The predicted octanol–water partition coefficient (Wildman–Crippen LogP) is 0.277. The highest BCUT2D eigenvalue weighted by Crippen LogP contribution is 2.19. The Labute approximate surface area is 108 Å². The molecule has 0 radical (unpaired) electrons. The number of likely N-dealkylation sites (N-methyl/N-ethyl adjacent to an activating group) is 1. The van der Waals surface area contributed by atoms with Gasteiger partial charge in [0.25, 0.3) is 0 Å². The van der Waals surface area contributed by atoms with Crippen LogP contribution < -0.4 is 10.5 Å². The molecular weight excluding hydrogens is 254 g/mol. The number of sulfonamides is 1. The molecule has 0 spiro atoms. The summed E-state index contributed by atoms with van der Waals surface area (Å²) in [5.41, 5.74) is 5.42. The molecule has 0 aromatic carbocycles. The normalized spacial score (nSPS) is 12.3. The van der Waals surface area contributed by atoms with E-state index in [1.807, 2.05) is 18.9 Å². The first-order valence-electron chi connectivity index (χ1n) is 5.88. The molecule has 0 aliphatic rings. The zero-order chi connectivity index (χ0) is 13.8. The first kappa shape index (κ1) is 15.2. The van der Waals surface area contributed by atoms with Crippen molar-refractivity contribution in [3.63, 3.8) is 0 Å². The Kier molecular flexibility index (Phi) is 5.33. The number of nitrogens with one attached hydrogen (secondary N) is 1. The van der Waals surface area contributed by atoms with Crippen molar-refractivity contribution in [1.29, 1.82) is 0 Å². The smallest absolute Gasteiger partial charge is 0.244 e. The summed E-state index contributed by atoms with van der Waals surface area (Å²) in [5.74, 6) is 0.838. The number of rotatable bonds is 7. The predicted molar refractivity (Wildman–Crippen MR) is 69.7 cm³/mol. The number of aryl methyl sites for hydroxylation is 1. The Hall–Kier alpha value is -0.890. The minimum absolute atomic E-state index is 0.169. The van der Waals surface area contributed by atoms with Gasteiger partial charge in [-0.25, -0.2) is 13.1 Å². The zero-order valence-electron chi connectivity index (χ0n) is 11.1. The quantitative estimate of drug-likeness (QED) is 0.746. The van der Waals surface area contributed by atoms with Crippen molar-refractivity contribution in [2.75, 3.05) is 26.7 Å². The first-order chi connectivity index (χ1) is 8.40. The van der Waals surface area contributed by atoms with Gasteiger partial charge in [0.1, 0.15) is 16.4 Å². The molecule has 0 saturated heterocycles. The molecular formula is C11H21N3O3S. The third kappa shape index (κ3) is 3.81. The van der Waals surface area contributed by atoms with Gasteiger partial charge in [0.05, 0.1) is 6.54 Å². The lowest BCUT2D eigenvalue weighted by Crippen LogP contribution is -2.33. The molecule has 0 amide bonds. The van der Waals surface area contributed by atoms with Crippen molar-refractivity contribution in [3.05, 3.63) is 17.6 Å². The van der Waals surface area contributed by atoms with Gasteiger partial charge >= 0.3 is 0 Å². The van der Waals surface area contributed by atoms with E-state index in [-0.39, 0.29) is 11.4 Å². The Morgan fingerprint density at radius 3 is 2.67 bits per heavy atom. The average Bonchev–Trinajstić information content (AvgIpc) is 2.71. The molecule has 0 fully saturated rings. The highest BCUT2D eigenvalue weighted by molar-refractivity contribution is 7.89. The fourth-order valence-electron chi connectivity index (χ4n) is 1.50. The third-order valence-corrected chi connectivity index (χ3v) is 4.31. The highest BCUT2D eigenvalue weighted by Gasteiger charge is 2.20. The first-order valence-corrected chi connectivity index (χ1v) is 7.36. The fourth-order valence-corrected chi connectivity index (χ4v) is 2.72. The second-order valence-electron chi connectivity index (χ2n) is 4.13. The summed E-state index contributed by atoms with van der Waals surface area (Å²) in [6, 6.07) is 1.47. The Bertz CT molecular complexity index is 482. The van der Waals surface area contributed by atoms with Crippen molar-refractivity contribution in [2.24, 2.45) is 5.73 Å². The molecule has 0 aliphatic heterocycles. The van der Waals surface area contributed by atoms with E-state index in [4.69, 9.17) is 10.2 Å². The van der Waals surface area contributed by atoms with Crippen LogP contribution in [0.4, 0.5) is 0 Å². The number of hydrogen-bond acceptors (Lipinski definition) is 5. The van der Waals surface area contributed by atoms with Gasteiger partial charge in [-0.3, -0.25) is 0 Å². The molecule has 18 heavy (non-hydrogen) atoms. The van der Waals surface area contributed by atoms with E-state index in [0.717, 1.165) is 6.54 Å². The van der Waals surface area contributed by atoms with Gasteiger partial charge < -0.3 is 15.1 Å². The number of nitrogens with two attached hydrogens (primary N) is 1. The molecule has 7 heteroatoms. The molecule has 0 saturated carbocycles. The average molecular weight is 275 g/mol. The number of hydrogen-bond donors (Lipinski definition) is 2. The van der Waals surface area contributed by atoms with Crippen LogP contribution in [0.3, 0.4) is 0 Å². The van der Waals surface area contributed by atoms with Gasteiger partial charge in [-0.2, -0.15) is 0 Å². The second kappa shape index (κ2) is 6.33. The summed E-state index contributed by atoms with van der Waals surface area (Å²) >= 11 is 0. The van der Waals surface area contributed by atoms with E-state index >= 15 is 0 Å². The molecule has 3 N–H and O–H groups in total. The summed E-state index contributed by atoms with van der Waals surface area (Å²) in [6.45, 7) is 5.73. The molecule has 0 unspecified atom stereocenters. The third-order valence-electron chi connectivity index (χ3n) is 2.74. The van der Waals surface area contributed by atoms with Crippen molar-refractivity contribution in [3.8, 4) is 0 Å². The Balaban J connectivity index is 2.71. The summed E-state index contributed by atoms with van der Waals surface area (Å²) in [5, 5.41) is 0. The Morgan fingerprint density at radius 1 is 1.50 bits per heavy atom. The van der Waals surface area contributed by atoms with Crippen LogP contribution in [0.15, 0.2) is 15.4 Å². The molecule has 1 aromatic rings. The molecule has 1 rings (SSSR count). The largest absolute Gasteiger partial charge is 0.464 e. The monoisotopic (exact) mass is 275 g/mol. The van der Waals surface area contributed by atoms with Gasteiger partial charge in [-0.05, 0) is 20.5 Å². The van der Waals surface area contributed by atoms with Gasteiger partial charge in [-0.15, -0.1) is 0 Å². The topological polar surface area (TPSA) is 88.6 Å². The maximum absolute atomic E-state index is 12.0. The van der Waals surface area contributed by atoms with Crippen LogP contribution in [0, 0.1) is 6.92 Å². The minimum atomic E-state index is -3.51. The highest BCUT2D eigenvalue weighted by atomic mass is 32.2. The maximum atomic E-state index is 12.0. The second-order valence-corrected chi connectivity index (χ2v) is 5.87. The van der Waals surface area contributed by atoms with E-state index in [1.54, 1.807) is 6.92 Å². The van der Waals surface area contributed by atoms with Crippen molar-refractivity contribution in [1.82, 2.24) is 9.62 Å². The summed E-state index contributed by atoms with van der Waals surface area (Å²) in [6.07, 6.45) is 0. The Morgan fingerprint density at radius 2 is 2.17 bits per heavy atom. The van der Waals surface area contributed by atoms with Crippen molar-refractivity contribution < 1.29 is 12.8 Å². The molecule has 0 atom stereocenters. The maximum Gasteiger partial charge on any atom is 0.244 e. The zero-order valence-corrected chi connectivity index (χ0v) is 11.9. The fraction of sp³-hybridized carbons (Fsp3) is 0.636. The number of furan rings is 1. The van der Waals surface area contributed by atoms with Crippen LogP contribution in [0.2, 0.25) is 0 Å². The summed E-state index contributed by atoms with van der Waals surface area (Å²) in [7, 11) is -1.58. The molecule has 0 bridgehead atoms. The molecule has 6 nitrogen and oxygen atoms in total. The van der Waals surface area contributed by atoms with Crippen LogP contribution in [0.25, 0.3) is 0 Å². The van der Waals surface area contributed by atoms with E-state index in [9.17, 15) is 8.42 Å². The van der Waals surface area contributed by atoms with Crippen molar-refractivity contribution >= 4 is 10.0 Å². The molecule has 1 heterocycles. The van der Waals surface area contributed by atoms with Gasteiger partial charge in [0.15, 0.2) is 0 Å². The van der Waals surface area contributed by atoms with E-state index in [1.165, 1.54) is 6.07 Å². The summed E-state index contributed by atoms with van der Waals surface area (Å²) in [4.78, 5) is 2.19. The van der Waals surface area contributed by atoms with Crippen LogP contribution in [-0.4, -0.2) is 40.0 Å². The van der Waals surface area contributed by atoms with Crippen molar-refractivity contribution in [2.45, 2.75) is 25.3 Å². The van der Waals surface area contributed by atoms with E-state index < -0.39 is 10.0 Å². The van der Waals surface area contributed by atoms with Crippen LogP contribution in [0.1, 0.15) is 18.4 Å². The lowest BCUT2D eigenvalue weighted by Gasteiger charge is -2.13. The molecule has 104 valence electrons.